The number of benzene rings is 1. The van der Waals surface area contributed by atoms with Crippen LogP contribution < -0.4 is 4.72 Å². The van der Waals surface area contributed by atoms with Crippen molar-refractivity contribution in [2.75, 3.05) is 5.75 Å². The molecule has 0 saturated heterocycles. The van der Waals surface area contributed by atoms with Gasteiger partial charge in [0, 0.05) is 6.54 Å². The molecular weight excluding hydrogens is 238 g/mol. The smallest absolute Gasteiger partial charge is 0.212 e. The summed E-state index contributed by atoms with van der Waals surface area (Å²) >= 11 is 0. The molecule has 0 bridgehead atoms. The zero-order valence-corrected chi connectivity index (χ0v) is 11.0. The standard InChI is InChI=1S/C12H19NO3S/c1-10(2)9-17(15,16)13-7-11-5-3-4-6-12(11)8-14/h3-6,10,13-14H,7-9H2,1-2H3. The third kappa shape index (κ3) is 4.85. The summed E-state index contributed by atoms with van der Waals surface area (Å²) in [6.07, 6.45) is 0. The van der Waals surface area contributed by atoms with Crippen LogP contribution in [-0.4, -0.2) is 19.3 Å². The van der Waals surface area contributed by atoms with E-state index >= 15 is 0 Å². The van der Waals surface area contributed by atoms with Crippen molar-refractivity contribution in [3.63, 3.8) is 0 Å². The van der Waals surface area contributed by atoms with Gasteiger partial charge in [-0.2, -0.15) is 0 Å². The Bertz CT molecular complexity index is 455. The topological polar surface area (TPSA) is 66.4 Å². The third-order valence-electron chi connectivity index (χ3n) is 2.32. The van der Waals surface area contributed by atoms with Crippen molar-refractivity contribution < 1.29 is 13.5 Å². The van der Waals surface area contributed by atoms with E-state index in [1.165, 1.54) is 0 Å². The Morgan fingerprint density at radius 1 is 1.24 bits per heavy atom. The van der Waals surface area contributed by atoms with Crippen LogP contribution in [0.3, 0.4) is 0 Å². The summed E-state index contributed by atoms with van der Waals surface area (Å²) in [5.74, 6) is 0.217. The molecule has 0 heterocycles. The van der Waals surface area contributed by atoms with E-state index in [4.69, 9.17) is 5.11 Å². The molecule has 0 aliphatic carbocycles. The Kier molecular flexibility index (Phi) is 5.11. The second-order valence-corrected chi connectivity index (χ2v) is 6.27. The molecule has 0 radical (unpaired) electrons. The van der Waals surface area contributed by atoms with Gasteiger partial charge in [-0.3, -0.25) is 0 Å². The molecule has 0 aliphatic rings. The summed E-state index contributed by atoms with van der Waals surface area (Å²) in [6, 6.07) is 7.23. The van der Waals surface area contributed by atoms with Gasteiger partial charge in [0.25, 0.3) is 0 Å². The van der Waals surface area contributed by atoms with Crippen LogP contribution in [-0.2, 0) is 23.2 Å². The van der Waals surface area contributed by atoms with Gasteiger partial charge in [-0.1, -0.05) is 38.1 Å². The fourth-order valence-electron chi connectivity index (χ4n) is 1.57. The minimum absolute atomic E-state index is 0.0813. The number of rotatable bonds is 6. The van der Waals surface area contributed by atoms with E-state index in [1.807, 2.05) is 32.0 Å². The molecule has 1 aromatic carbocycles. The first-order valence-electron chi connectivity index (χ1n) is 5.59. The predicted molar refractivity (Wildman–Crippen MR) is 67.8 cm³/mol. The summed E-state index contributed by atoms with van der Waals surface area (Å²) in [5, 5.41) is 9.12. The van der Waals surface area contributed by atoms with Crippen LogP contribution in [0.4, 0.5) is 0 Å². The first kappa shape index (κ1) is 14.2. The summed E-state index contributed by atoms with van der Waals surface area (Å²) in [4.78, 5) is 0. The minimum Gasteiger partial charge on any atom is -0.392 e. The molecule has 4 nitrogen and oxygen atoms in total. The summed E-state index contributed by atoms with van der Waals surface area (Å²) in [7, 11) is -3.24. The molecule has 0 atom stereocenters. The van der Waals surface area contributed by atoms with Crippen molar-refractivity contribution in [3.05, 3.63) is 35.4 Å². The number of sulfonamides is 1. The third-order valence-corrected chi connectivity index (χ3v) is 4.01. The van der Waals surface area contributed by atoms with Crippen molar-refractivity contribution in [2.45, 2.75) is 27.0 Å². The number of hydrogen-bond donors (Lipinski definition) is 2. The lowest BCUT2D eigenvalue weighted by atomic mass is 10.1. The summed E-state index contributed by atoms with van der Waals surface area (Å²) in [6.45, 7) is 3.87. The second-order valence-electron chi connectivity index (χ2n) is 4.42. The average Bonchev–Trinajstić information content (AvgIpc) is 2.25. The van der Waals surface area contributed by atoms with Crippen LogP contribution in [0, 0.1) is 5.92 Å². The van der Waals surface area contributed by atoms with Crippen molar-refractivity contribution in [2.24, 2.45) is 5.92 Å². The largest absolute Gasteiger partial charge is 0.392 e. The van der Waals surface area contributed by atoms with Gasteiger partial charge in [0.1, 0.15) is 0 Å². The lowest BCUT2D eigenvalue weighted by molar-refractivity contribution is 0.280. The first-order chi connectivity index (χ1) is 7.94. The van der Waals surface area contributed by atoms with Crippen LogP contribution in [0.25, 0.3) is 0 Å². The Morgan fingerprint density at radius 2 is 1.82 bits per heavy atom. The van der Waals surface area contributed by atoms with E-state index < -0.39 is 10.0 Å². The molecule has 17 heavy (non-hydrogen) atoms. The molecule has 5 heteroatoms. The van der Waals surface area contributed by atoms with Crippen LogP contribution in [0.1, 0.15) is 25.0 Å². The van der Waals surface area contributed by atoms with E-state index in [0.717, 1.165) is 11.1 Å². The van der Waals surface area contributed by atoms with E-state index in [1.54, 1.807) is 6.07 Å². The van der Waals surface area contributed by atoms with Gasteiger partial charge in [0.05, 0.1) is 12.4 Å². The minimum atomic E-state index is -3.24. The zero-order chi connectivity index (χ0) is 12.9. The van der Waals surface area contributed by atoms with Gasteiger partial charge in [-0.05, 0) is 17.0 Å². The molecule has 0 aliphatic heterocycles. The lowest BCUT2D eigenvalue weighted by Gasteiger charge is -2.10. The molecule has 0 fully saturated rings. The maximum absolute atomic E-state index is 11.6. The molecule has 0 unspecified atom stereocenters. The van der Waals surface area contributed by atoms with Crippen molar-refractivity contribution in [3.8, 4) is 0 Å². The average molecular weight is 257 g/mol. The van der Waals surface area contributed by atoms with Crippen LogP contribution in [0.15, 0.2) is 24.3 Å². The second kappa shape index (κ2) is 6.14. The number of aliphatic hydroxyl groups is 1. The summed E-state index contributed by atoms with van der Waals surface area (Å²) in [5.41, 5.74) is 1.56. The Balaban J connectivity index is 2.67. The van der Waals surface area contributed by atoms with E-state index in [-0.39, 0.29) is 24.8 Å². The van der Waals surface area contributed by atoms with Gasteiger partial charge < -0.3 is 5.11 Å². The van der Waals surface area contributed by atoms with Gasteiger partial charge in [-0.15, -0.1) is 0 Å². The molecule has 0 spiro atoms. The fraction of sp³-hybridized carbons (Fsp3) is 0.500. The Hall–Kier alpha value is -0.910. The number of hydrogen-bond acceptors (Lipinski definition) is 3. The van der Waals surface area contributed by atoms with Gasteiger partial charge in [0.2, 0.25) is 10.0 Å². The van der Waals surface area contributed by atoms with Crippen LogP contribution in [0.2, 0.25) is 0 Å². The normalized spacial score (nSPS) is 12.0. The zero-order valence-electron chi connectivity index (χ0n) is 10.2. The Morgan fingerprint density at radius 3 is 2.35 bits per heavy atom. The van der Waals surface area contributed by atoms with Gasteiger partial charge in [0.15, 0.2) is 0 Å². The van der Waals surface area contributed by atoms with Crippen LogP contribution in [0.5, 0.6) is 0 Å². The van der Waals surface area contributed by atoms with E-state index in [9.17, 15) is 8.42 Å². The predicted octanol–water partition coefficient (Wildman–Crippen LogP) is 1.25. The highest BCUT2D eigenvalue weighted by Gasteiger charge is 2.12. The molecule has 2 N–H and O–H groups in total. The van der Waals surface area contributed by atoms with Gasteiger partial charge >= 0.3 is 0 Å². The maximum atomic E-state index is 11.6. The quantitative estimate of drug-likeness (QED) is 0.806. The van der Waals surface area contributed by atoms with E-state index in [2.05, 4.69) is 4.72 Å². The highest BCUT2D eigenvalue weighted by atomic mass is 32.2. The molecule has 0 saturated carbocycles. The molecule has 96 valence electrons. The monoisotopic (exact) mass is 257 g/mol. The highest BCUT2D eigenvalue weighted by molar-refractivity contribution is 7.89. The maximum Gasteiger partial charge on any atom is 0.212 e. The first-order valence-corrected chi connectivity index (χ1v) is 7.25. The van der Waals surface area contributed by atoms with E-state index in [0.29, 0.717) is 0 Å². The molecule has 1 aromatic rings. The summed E-state index contributed by atoms with van der Waals surface area (Å²) < 4.78 is 25.8. The van der Waals surface area contributed by atoms with Crippen molar-refractivity contribution in [1.29, 1.82) is 0 Å². The fourth-order valence-corrected chi connectivity index (χ4v) is 2.94. The highest BCUT2D eigenvalue weighted by Crippen LogP contribution is 2.09. The van der Waals surface area contributed by atoms with Crippen molar-refractivity contribution >= 4 is 10.0 Å². The molecular formula is C12H19NO3S. The molecule has 1 rings (SSSR count). The number of nitrogens with one attached hydrogen (secondary N) is 1. The lowest BCUT2D eigenvalue weighted by Crippen LogP contribution is -2.28. The number of aliphatic hydroxyl groups excluding tert-OH is 1. The van der Waals surface area contributed by atoms with Crippen molar-refractivity contribution in [1.82, 2.24) is 4.72 Å². The van der Waals surface area contributed by atoms with Crippen LogP contribution >= 0.6 is 0 Å². The molecule has 0 aromatic heterocycles. The Labute approximate surface area is 103 Å². The van der Waals surface area contributed by atoms with Gasteiger partial charge in [-0.25, -0.2) is 13.1 Å². The SMILES string of the molecule is CC(C)CS(=O)(=O)NCc1ccccc1CO. The molecule has 0 amide bonds.